The van der Waals surface area contributed by atoms with Crippen LogP contribution in [0.1, 0.15) is 20.8 Å². The van der Waals surface area contributed by atoms with Crippen LogP contribution in [-0.4, -0.2) is 39.5 Å². The molecule has 0 aliphatic heterocycles. The standard InChI is InChI=1S/C10H23NO2/c1-9(2)7-12-5-6-13-8-10(3)11-4/h9-11H,5-8H2,1-4H3. The fourth-order valence-electron chi connectivity index (χ4n) is 0.780. The molecule has 1 atom stereocenters. The van der Waals surface area contributed by atoms with Gasteiger partial charge < -0.3 is 14.8 Å². The van der Waals surface area contributed by atoms with Gasteiger partial charge in [-0.3, -0.25) is 0 Å². The van der Waals surface area contributed by atoms with Crippen LogP contribution in [0.15, 0.2) is 0 Å². The van der Waals surface area contributed by atoms with E-state index in [-0.39, 0.29) is 0 Å². The zero-order valence-electron chi connectivity index (χ0n) is 9.30. The number of hydrogen-bond acceptors (Lipinski definition) is 3. The Balaban J connectivity index is 2.99. The third-order valence-electron chi connectivity index (χ3n) is 1.68. The summed E-state index contributed by atoms with van der Waals surface area (Å²) >= 11 is 0. The highest BCUT2D eigenvalue weighted by molar-refractivity contribution is 4.53. The minimum atomic E-state index is 0.421. The number of nitrogens with one attached hydrogen (secondary N) is 1. The summed E-state index contributed by atoms with van der Waals surface area (Å²) in [5.41, 5.74) is 0. The lowest BCUT2D eigenvalue weighted by Gasteiger charge is -2.11. The summed E-state index contributed by atoms with van der Waals surface area (Å²) in [4.78, 5) is 0. The van der Waals surface area contributed by atoms with E-state index in [1.807, 2.05) is 7.05 Å². The van der Waals surface area contributed by atoms with Crippen LogP contribution in [0.4, 0.5) is 0 Å². The Labute approximate surface area is 81.8 Å². The molecule has 0 spiro atoms. The van der Waals surface area contributed by atoms with E-state index >= 15 is 0 Å². The van der Waals surface area contributed by atoms with Gasteiger partial charge in [-0.1, -0.05) is 13.8 Å². The van der Waals surface area contributed by atoms with Gasteiger partial charge in [-0.25, -0.2) is 0 Å². The van der Waals surface area contributed by atoms with E-state index in [1.165, 1.54) is 0 Å². The molecular weight excluding hydrogens is 166 g/mol. The molecule has 0 bridgehead atoms. The van der Waals surface area contributed by atoms with Crippen molar-refractivity contribution in [2.24, 2.45) is 5.92 Å². The molecule has 0 amide bonds. The van der Waals surface area contributed by atoms with Gasteiger partial charge in [0.05, 0.1) is 19.8 Å². The van der Waals surface area contributed by atoms with Crippen LogP contribution in [0.25, 0.3) is 0 Å². The molecule has 13 heavy (non-hydrogen) atoms. The topological polar surface area (TPSA) is 30.5 Å². The smallest absolute Gasteiger partial charge is 0.0701 e. The van der Waals surface area contributed by atoms with Crippen molar-refractivity contribution in [1.82, 2.24) is 5.32 Å². The van der Waals surface area contributed by atoms with Crippen molar-refractivity contribution in [2.75, 3.05) is 33.5 Å². The van der Waals surface area contributed by atoms with Crippen LogP contribution in [0.3, 0.4) is 0 Å². The van der Waals surface area contributed by atoms with E-state index in [0.717, 1.165) is 13.2 Å². The van der Waals surface area contributed by atoms with Gasteiger partial charge >= 0.3 is 0 Å². The summed E-state index contributed by atoms with van der Waals surface area (Å²) in [6.45, 7) is 9.35. The second kappa shape index (κ2) is 8.48. The number of likely N-dealkylation sites (N-methyl/N-ethyl adjacent to an activating group) is 1. The first-order chi connectivity index (χ1) is 6.16. The summed E-state index contributed by atoms with van der Waals surface area (Å²) in [6.07, 6.45) is 0. The first-order valence-corrected chi connectivity index (χ1v) is 4.99. The molecule has 0 aliphatic rings. The minimum absolute atomic E-state index is 0.421. The summed E-state index contributed by atoms with van der Waals surface area (Å²) in [7, 11) is 1.93. The van der Waals surface area contributed by atoms with Crippen LogP contribution in [0.2, 0.25) is 0 Å². The molecular formula is C10H23NO2. The molecule has 0 aromatic heterocycles. The number of rotatable bonds is 8. The Bertz CT molecular complexity index is 107. The highest BCUT2D eigenvalue weighted by Crippen LogP contribution is 1.92. The fraction of sp³-hybridized carbons (Fsp3) is 1.00. The SMILES string of the molecule is CNC(C)COCCOCC(C)C. The van der Waals surface area contributed by atoms with Crippen molar-refractivity contribution in [3.05, 3.63) is 0 Å². The maximum Gasteiger partial charge on any atom is 0.0701 e. The Morgan fingerprint density at radius 1 is 1.00 bits per heavy atom. The second-order valence-electron chi connectivity index (χ2n) is 3.73. The van der Waals surface area contributed by atoms with Crippen LogP contribution >= 0.6 is 0 Å². The molecule has 0 aliphatic carbocycles. The van der Waals surface area contributed by atoms with Crippen LogP contribution in [0, 0.1) is 5.92 Å². The summed E-state index contributed by atoms with van der Waals surface area (Å²) in [5.74, 6) is 0.608. The van der Waals surface area contributed by atoms with Crippen molar-refractivity contribution in [1.29, 1.82) is 0 Å². The van der Waals surface area contributed by atoms with Crippen LogP contribution in [-0.2, 0) is 9.47 Å². The molecule has 80 valence electrons. The molecule has 0 rings (SSSR count). The minimum Gasteiger partial charge on any atom is -0.379 e. The van der Waals surface area contributed by atoms with Crippen LogP contribution < -0.4 is 5.32 Å². The zero-order valence-corrected chi connectivity index (χ0v) is 9.30. The predicted octanol–water partition coefficient (Wildman–Crippen LogP) is 1.28. The van der Waals surface area contributed by atoms with Crippen LogP contribution in [0.5, 0.6) is 0 Å². The summed E-state index contributed by atoms with van der Waals surface area (Å²) in [5, 5.41) is 3.11. The van der Waals surface area contributed by atoms with E-state index in [2.05, 4.69) is 26.1 Å². The van der Waals surface area contributed by atoms with Gasteiger partial charge in [0.2, 0.25) is 0 Å². The Morgan fingerprint density at radius 3 is 2.00 bits per heavy atom. The van der Waals surface area contributed by atoms with Gasteiger partial charge in [0.1, 0.15) is 0 Å². The molecule has 1 unspecified atom stereocenters. The highest BCUT2D eigenvalue weighted by atomic mass is 16.5. The molecule has 1 N–H and O–H groups in total. The van der Waals surface area contributed by atoms with E-state index in [9.17, 15) is 0 Å². The normalized spacial score (nSPS) is 13.6. The molecule has 0 fully saturated rings. The van der Waals surface area contributed by atoms with Gasteiger partial charge in [0, 0.05) is 12.6 Å². The van der Waals surface area contributed by atoms with E-state index in [4.69, 9.17) is 9.47 Å². The molecule has 0 aromatic rings. The van der Waals surface area contributed by atoms with Crippen molar-refractivity contribution in [3.8, 4) is 0 Å². The van der Waals surface area contributed by atoms with Gasteiger partial charge in [-0.15, -0.1) is 0 Å². The first-order valence-electron chi connectivity index (χ1n) is 4.99. The monoisotopic (exact) mass is 189 g/mol. The Kier molecular flexibility index (Phi) is 8.40. The maximum absolute atomic E-state index is 5.38. The lowest BCUT2D eigenvalue weighted by atomic mass is 10.2. The van der Waals surface area contributed by atoms with Gasteiger partial charge in [-0.05, 0) is 19.9 Å². The van der Waals surface area contributed by atoms with Crippen molar-refractivity contribution < 1.29 is 9.47 Å². The molecule has 0 aromatic carbocycles. The van der Waals surface area contributed by atoms with Crippen molar-refractivity contribution >= 4 is 0 Å². The van der Waals surface area contributed by atoms with Gasteiger partial charge in [0.15, 0.2) is 0 Å². The largest absolute Gasteiger partial charge is 0.379 e. The predicted molar refractivity (Wildman–Crippen MR) is 55.0 cm³/mol. The maximum atomic E-state index is 5.38. The number of ether oxygens (including phenoxy) is 2. The average molecular weight is 189 g/mol. The second-order valence-corrected chi connectivity index (χ2v) is 3.73. The fourth-order valence-corrected chi connectivity index (χ4v) is 0.780. The van der Waals surface area contributed by atoms with Crippen molar-refractivity contribution in [2.45, 2.75) is 26.8 Å². The third-order valence-corrected chi connectivity index (χ3v) is 1.68. The molecule has 0 saturated heterocycles. The Hall–Kier alpha value is -0.120. The molecule has 0 radical (unpaired) electrons. The zero-order chi connectivity index (χ0) is 10.1. The summed E-state index contributed by atoms with van der Waals surface area (Å²) < 4.78 is 10.7. The lowest BCUT2D eigenvalue weighted by molar-refractivity contribution is 0.0325. The molecule has 0 saturated carbocycles. The Morgan fingerprint density at radius 2 is 1.54 bits per heavy atom. The van der Waals surface area contributed by atoms with E-state index in [1.54, 1.807) is 0 Å². The molecule has 0 heterocycles. The quantitative estimate of drug-likeness (QED) is 0.584. The van der Waals surface area contributed by atoms with Crippen molar-refractivity contribution in [3.63, 3.8) is 0 Å². The summed E-state index contributed by atoms with van der Waals surface area (Å²) in [6, 6.07) is 0.421. The first kappa shape index (κ1) is 12.9. The average Bonchev–Trinajstić information content (AvgIpc) is 2.10. The van der Waals surface area contributed by atoms with Gasteiger partial charge in [0.25, 0.3) is 0 Å². The lowest BCUT2D eigenvalue weighted by Crippen LogP contribution is -2.27. The van der Waals surface area contributed by atoms with E-state index in [0.29, 0.717) is 25.2 Å². The van der Waals surface area contributed by atoms with Gasteiger partial charge in [-0.2, -0.15) is 0 Å². The van der Waals surface area contributed by atoms with E-state index < -0.39 is 0 Å². The number of hydrogen-bond donors (Lipinski definition) is 1. The highest BCUT2D eigenvalue weighted by Gasteiger charge is 1.97. The molecule has 3 heteroatoms. The molecule has 3 nitrogen and oxygen atoms in total. The third kappa shape index (κ3) is 9.80.